The number of ether oxygens (including phenoxy) is 1. The Balaban J connectivity index is 3.86. The first-order valence-electron chi connectivity index (χ1n) is 3.55. The van der Waals surface area contributed by atoms with Crippen molar-refractivity contribution < 1.29 is 24.9 Å². The third-order valence-corrected chi connectivity index (χ3v) is 1.48. The molecule has 0 aromatic heterocycles. The third kappa shape index (κ3) is 3.66. The normalized spacial score (nSPS) is 18.1. The Morgan fingerprint density at radius 3 is 2.50 bits per heavy atom. The van der Waals surface area contributed by atoms with Crippen molar-refractivity contribution in [2.45, 2.75) is 25.6 Å². The van der Waals surface area contributed by atoms with E-state index in [1.165, 1.54) is 13.8 Å². The molecule has 0 aliphatic carbocycles. The van der Waals surface area contributed by atoms with Crippen molar-refractivity contribution in [2.24, 2.45) is 0 Å². The van der Waals surface area contributed by atoms with E-state index < -0.39 is 24.3 Å². The number of carbonyl (C=O) groups is 1. The number of hydrogen-bond acceptors (Lipinski definition) is 5. The molecule has 5 heteroatoms. The summed E-state index contributed by atoms with van der Waals surface area (Å²) in [5.74, 6) is -0.539. The number of hydrogen-bond donors (Lipinski definition) is 3. The highest BCUT2D eigenvalue weighted by Crippen LogP contribution is 2.08. The molecule has 72 valence electrons. The quantitative estimate of drug-likeness (QED) is 0.463. The average Bonchev–Trinajstić information content (AvgIpc) is 2.00. The summed E-state index contributed by atoms with van der Waals surface area (Å²) < 4.78 is 4.43. The zero-order valence-electron chi connectivity index (χ0n) is 7.15. The minimum atomic E-state index is -1.63. The van der Waals surface area contributed by atoms with Crippen LogP contribution in [0.15, 0.2) is 0 Å². The molecule has 0 unspecified atom stereocenters. The van der Waals surface area contributed by atoms with Crippen LogP contribution in [0.1, 0.15) is 13.8 Å². The van der Waals surface area contributed by atoms with E-state index in [4.69, 9.17) is 10.2 Å². The molecular formula is C7H14O5. The Kier molecular flexibility index (Phi) is 4.16. The summed E-state index contributed by atoms with van der Waals surface area (Å²) in [6.45, 7) is 1.54. The van der Waals surface area contributed by atoms with Crippen molar-refractivity contribution in [3.63, 3.8) is 0 Å². The van der Waals surface area contributed by atoms with Crippen LogP contribution in [-0.4, -0.2) is 46.2 Å². The summed E-state index contributed by atoms with van der Waals surface area (Å²) in [7, 11) is 0. The highest BCUT2D eigenvalue weighted by molar-refractivity contribution is 5.65. The molecule has 5 nitrogen and oxygen atoms in total. The molecule has 0 aromatic rings. The third-order valence-electron chi connectivity index (χ3n) is 1.48. The Morgan fingerprint density at radius 1 is 1.67 bits per heavy atom. The van der Waals surface area contributed by atoms with Gasteiger partial charge in [0.2, 0.25) is 0 Å². The SMILES string of the molecule is CC(=O)OC[C@@H](O)[C@@](C)(O)CO. The van der Waals surface area contributed by atoms with Gasteiger partial charge in [0.05, 0.1) is 6.61 Å². The van der Waals surface area contributed by atoms with Gasteiger partial charge >= 0.3 is 5.97 Å². The lowest BCUT2D eigenvalue weighted by Gasteiger charge is -2.25. The van der Waals surface area contributed by atoms with Crippen LogP contribution in [-0.2, 0) is 9.53 Å². The molecule has 3 N–H and O–H groups in total. The van der Waals surface area contributed by atoms with Gasteiger partial charge in [-0.1, -0.05) is 0 Å². The highest BCUT2D eigenvalue weighted by Gasteiger charge is 2.30. The van der Waals surface area contributed by atoms with Crippen LogP contribution in [0.25, 0.3) is 0 Å². The summed E-state index contributed by atoms with van der Waals surface area (Å²) in [5.41, 5.74) is -1.63. The van der Waals surface area contributed by atoms with Crippen LogP contribution in [0.2, 0.25) is 0 Å². The van der Waals surface area contributed by atoms with Gasteiger partial charge in [0.25, 0.3) is 0 Å². The lowest BCUT2D eigenvalue weighted by atomic mass is 10.0. The van der Waals surface area contributed by atoms with E-state index in [-0.39, 0.29) is 6.61 Å². The molecule has 0 aliphatic heterocycles. The molecule has 0 amide bonds. The van der Waals surface area contributed by atoms with Crippen LogP contribution in [0.4, 0.5) is 0 Å². The van der Waals surface area contributed by atoms with E-state index in [1.807, 2.05) is 0 Å². The molecule has 0 saturated carbocycles. The topological polar surface area (TPSA) is 87.0 Å². The molecule has 0 fully saturated rings. The summed E-state index contributed by atoms with van der Waals surface area (Å²) >= 11 is 0. The van der Waals surface area contributed by atoms with Crippen LogP contribution in [0.5, 0.6) is 0 Å². The van der Waals surface area contributed by atoms with Gasteiger partial charge in [0, 0.05) is 6.92 Å². The van der Waals surface area contributed by atoms with Gasteiger partial charge in [-0.2, -0.15) is 0 Å². The molecule has 0 bridgehead atoms. The fourth-order valence-corrected chi connectivity index (χ4v) is 0.481. The van der Waals surface area contributed by atoms with Gasteiger partial charge in [0.15, 0.2) is 0 Å². The highest BCUT2D eigenvalue weighted by atomic mass is 16.5. The molecule has 2 atom stereocenters. The molecule has 0 radical (unpaired) electrons. The van der Waals surface area contributed by atoms with Crippen LogP contribution in [0, 0.1) is 0 Å². The average molecular weight is 178 g/mol. The summed E-state index contributed by atoms with van der Waals surface area (Å²) in [6, 6.07) is 0. The number of aliphatic hydroxyl groups is 3. The predicted molar refractivity (Wildman–Crippen MR) is 40.3 cm³/mol. The Labute approximate surface area is 70.6 Å². The van der Waals surface area contributed by atoms with E-state index >= 15 is 0 Å². The Hall–Kier alpha value is -0.650. The van der Waals surface area contributed by atoms with Crippen LogP contribution in [0.3, 0.4) is 0 Å². The maximum Gasteiger partial charge on any atom is 0.302 e. The van der Waals surface area contributed by atoms with E-state index in [2.05, 4.69) is 4.74 Å². The molecule has 0 spiro atoms. The maximum atomic E-state index is 10.3. The first-order valence-corrected chi connectivity index (χ1v) is 3.55. The zero-order valence-corrected chi connectivity index (χ0v) is 7.15. The molecule has 0 aromatic carbocycles. The predicted octanol–water partition coefficient (Wildman–Crippen LogP) is -1.35. The fourth-order valence-electron chi connectivity index (χ4n) is 0.481. The molecule has 0 rings (SSSR count). The second kappa shape index (κ2) is 4.39. The van der Waals surface area contributed by atoms with Crippen molar-refractivity contribution in [3.05, 3.63) is 0 Å². The fraction of sp³-hybridized carbons (Fsp3) is 0.857. The smallest absolute Gasteiger partial charge is 0.302 e. The van der Waals surface area contributed by atoms with Crippen LogP contribution >= 0.6 is 0 Å². The van der Waals surface area contributed by atoms with Crippen molar-refractivity contribution in [1.29, 1.82) is 0 Å². The second-order valence-electron chi connectivity index (χ2n) is 2.83. The van der Waals surface area contributed by atoms with Crippen LogP contribution < -0.4 is 0 Å². The lowest BCUT2D eigenvalue weighted by Crippen LogP contribution is -2.45. The first kappa shape index (κ1) is 11.4. The van der Waals surface area contributed by atoms with Crippen molar-refractivity contribution in [1.82, 2.24) is 0 Å². The van der Waals surface area contributed by atoms with E-state index in [0.29, 0.717) is 0 Å². The van der Waals surface area contributed by atoms with Gasteiger partial charge in [-0.25, -0.2) is 0 Å². The lowest BCUT2D eigenvalue weighted by molar-refractivity contribution is -0.154. The van der Waals surface area contributed by atoms with Gasteiger partial charge in [-0.3, -0.25) is 4.79 Å². The van der Waals surface area contributed by atoms with Crippen molar-refractivity contribution in [3.8, 4) is 0 Å². The largest absolute Gasteiger partial charge is 0.463 e. The van der Waals surface area contributed by atoms with E-state index in [9.17, 15) is 9.90 Å². The molecule has 0 heterocycles. The maximum absolute atomic E-state index is 10.3. The van der Waals surface area contributed by atoms with Gasteiger partial charge in [0.1, 0.15) is 18.3 Å². The second-order valence-corrected chi connectivity index (χ2v) is 2.83. The van der Waals surface area contributed by atoms with Gasteiger partial charge in [-0.05, 0) is 6.92 Å². The minimum absolute atomic E-state index is 0.317. The molecule has 0 saturated heterocycles. The number of rotatable bonds is 4. The molecule has 0 aliphatic rings. The molecular weight excluding hydrogens is 164 g/mol. The van der Waals surface area contributed by atoms with Crippen molar-refractivity contribution in [2.75, 3.05) is 13.2 Å². The first-order chi connectivity index (χ1) is 5.40. The van der Waals surface area contributed by atoms with Gasteiger partial charge < -0.3 is 20.1 Å². The van der Waals surface area contributed by atoms with Crippen molar-refractivity contribution >= 4 is 5.97 Å². The summed E-state index contributed by atoms with van der Waals surface area (Å²) in [6.07, 6.45) is -1.27. The molecule has 12 heavy (non-hydrogen) atoms. The van der Waals surface area contributed by atoms with E-state index in [0.717, 1.165) is 0 Å². The summed E-state index contributed by atoms with van der Waals surface area (Å²) in [5, 5.41) is 26.9. The number of aliphatic hydroxyl groups excluding tert-OH is 2. The Morgan fingerprint density at radius 2 is 2.17 bits per heavy atom. The Bertz CT molecular complexity index is 154. The number of esters is 1. The monoisotopic (exact) mass is 178 g/mol. The standard InChI is InChI=1S/C7H14O5/c1-5(9)12-3-6(10)7(2,11)4-8/h6,8,10-11H,3-4H2,1-2H3/t6-,7+/m1/s1. The minimum Gasteiger partial charge on any atom is -0.463 e. The summed E-state index contributed by atoms with van der Waals surface area (Å²) in [4.78, 5) is 10.3. The zero-order chi connectivity index (χ0) is 9.78. The number of carbonyl (C=O) groups excluding carboxylic acids is 1. The van der Waals surface area contributed by atoms with Gasteiger partial charge in [-0.15, -0.1) is 0 Å². The van der Waals surface area contributed by atoms with E-state index in [1.54, 1.807) is 0 Å².